The second-order valence-electron chi connectivity index (χ2n) is 5.39. The van der Waals surface area contributed by atoms with Gasteiger partial charge in [-0.15, -0.1) is 33.2 Å². The summed E-state index contributed by atoms with van der Waals surface area (Å²) in [6.45, 7) is 8.91. The van der Waals surface area contributed by atoms with E-state index in [0.717, 1.165) is 10.5 Å². The first kappa shape index (κ1) is 23.9. The topological polar surface area (TPSA) is 34.1 Å². The molecular formula is C14H22Cl4O2S2Si. The highest BCUT2D eigenvalue weighted by molar-refractivity contribution is 8.13. The Balaban J connectivity index is 0.000000585. The third-order valence-corrected chi connectivity index (χ3v) is 7.49. The lowest BCUT2D eigenvalue weighted by molar-refractivity contribution is 0.608. The van der Waals surface area contributed by atoms with E-state index >= 15 is 0 Å². The Morgan fingerprint density at radius 2 is 1.52 bits per heavy atom. The van der Waals surface area contributed by atoms with Crippen LogP contribution in [0.1, 0.15) is 33.3 Å². The molecule has 0 amide bonds. The quantitative estimate of drug-likeness (QED) is 0.284. The van der Waals surface area contributed by atoms with Gasteiger partial charge in [0.05, 0.1) is 4.90 Å². The molecule has 0 bridgehead atoms. The van der Waals surface area contributed by atoms with Crippen molar-refractivity contribution in [2.45, 2.75) is 55.6 Å². The first-order valence-corrected chi connectivity index (χ1v) is 15.6. The SMILES string of the molecule is CC(C)SC(C)C.O=S(=O)(Cl)c1ccccc1CC[Si](Cl)(Cl)Cl. The fraction of sp³-hybridized carbons (Fsp3) is 0.571. The average molecular weight is 456 g/mol. The summed E-state index contributed by atoms with van der Waals surface area (Å²) in [6, 6.07) is 4.05. The zero-order valence-electron chi connectivity index (χ0n) is 13.5. The summed E-state index contributed by atoms with van der Waals surface area (Å²) in [5.74, 6) is 0. The Kier molecular flexibility index (Phi) is 11.2. The van der Waals surface area contributed by atoms with Crippen LogP contribution >= 0.6 is 55.7 Å². The Morgan fingerprint density at radius 3 is 1.87 bits per heavy atom. The zero-order valence-corrected chi connectivity index (χ0v) is 19.2. The van der Waals surface area contributed by atoms with Gasteiger partial charge in [0.1, 0.15) is 0 Å². The molecule has 1 aromatic rings. The lowest BCUT2D eigenvalue weighted by Crippen LogP contribution is -2.11. The van der Waals surface area contributed by atoms with Crippen LogP contribution in [0.5, 0.6) is 0 Å². The largest absolute Gasteiger partial charge is 0.341 e. The van der Waals surface area contributed by atoms with Gasteiger partial charge in [-0.05, 0) is 34.6 Å². The molecule has 0 saturated heterocycles. The van der Waals surface area contributed by atoms with Crippen LogP contribution < -0.4 is 0 Å². The number of hydrogen-bond donors (Lipinski definition) is 0. The van der Waals surface area contributed by atoms with Crippen molar-refractivity contribution in [2.24, 2.45) is 0 Å². The van der Waals surface area contributed by atoms with Crippen molar-refractivity contribution < 1.29 is 8.42 Å². The molecule has 0 aliphatic heterocycles. The normalized spacial score (nSPS) is 12.3. The Hall–Kier alpha value is 0.897. The molecule has 1 rings (SSSR count). The molecule has 0 unspecified atom stereocenters. The van der Waals surface area contributed by atoms with Crippen molar-refractivity contribution >= 4 is 70.7 Å². The van der Waals surface area contributed by atoms with Crippen LogP contribution in [-0.2, 0) is 15.5 Å². The molecule has 9 heteroatoms. The number of hydrogen-bond acceptors (Lipinski definition) is 3. The minimum atomic E-state index is -3.74. The van der Waals surface area contributed by atoms with Crippen LogP contribution in [-0.4, -0.2) is 24.9 Å². The van der Waals surface area contributed by atoms with Gasteiger partial charge in [0.25, 0.3) is 9.05 Å². The summed E-state index contributed by atoms with van der Waals surface area (Å²) in [4.78, 5) is 0.0833. The van der Waals surface area contributed by atoms with Gasteiger partial charge in [-0.25, -0.2) is 8.42 Å². The van der Waals surface area contributed by atoms with Gasteiger partial charge in [0.2, 0.25) is 0 Å². The van der Waals surface area contributed by atoms with Crippen LogP contribution in [0.3, 0.4) is 0 Å². The van der Waals surface area contributed by atoms with Crippen LogP contribution in [0.15, 0.2) is 29.2 Å². The minimum Gasteiger partial charge on any atom is -0.207 e. The third kappa shape index (κ3) is 12.8. The molecule has 0 fully saturated rings. The Labute approximate surface area is 163 Å². The minimum absolute atomic E-state index is 0.0833. The van der Waals surface area contributed by atoms with E-state index < -0.39 is 15.1 Å². The molecule has 23 heavy (non-hydrogen) atoms. The van der Waals surface area contributed by atoms with Crippen molar-refractivity contribution in [3.05, 3.63) is 29.8 Å². The van der Waals surface area contributed by atoms with Gasteiger partial charge in [-0.2, -0.15) is 11.8 Å². The summed E-state index contributed by atoms with van der Waals surface area (Å²) in [6.07, 6.45) is 0.394. The van der Waals surface area contributed by atoms with Crippen LogP contribution in [0.25, 0.3) is 0 Å². The molecular weight excluding hydrogens is 434 g/mol. The molecule has 0 saturated carbocycles. The van der Waals surface area contributed by atoms with Gasteiger partial charge >= 0.3 is 6.00 Å². The predicted molar refractivity (Wildman–Crippen MR) is 109 cm³/mol. The maximum atomic E-state index is 11.3. The third-order valence-electron chi connectivity index (χ3n) is 2.46. The highest BCUT2D eigenvalue weighted by atomic mass is 35.8. The van der Waals surface area contributed by atoms with E-state index in [1.54, 1.807) is 18.2 Å². The van der Waals surface area contributed by atoms with Gasteiger partial charge < -0.3 is 0 Å². The Bertz CT molecular complexity index is 566. The summed E-state index contributed by atoms with van der Waals surface area (Å²) >= 11 is 19.2. The molecule has 0 atom stereocenters. The fourth-order valence-corrected chi connectivity index (χ4v) is 5.44. The molecule has 134 valence electrons. The van der Waals surface area contributed by atoms with Crippen molar-refractivity contribution in [3.8, 4) is 0 Å². The molecule has 1 aromatic carbocycles. The van der Waals surface area contributed by atoms with Crippen molar-refractivity contribution in [3.63, 3.8) is 0 Å². The monoisotopic (exact) mass is 454 g/mol. The van der Waals surface area contributed by atoms with Gasteiger partial charge in [-0.3, -0.25) is 0 Å². The van der Waals surface area contributed by atoms with Gasteiger partial charge in [0, 0.05) is 10.7 Å². The van der Waals surface area contributed by atoms with Crippen LogP contribution in [0.2, 0.25) is 6.04 Å². The second-order valence-corrected chi connectivity index (χ2v) is 19.4. The molecule has 0 heterocycles. The number of halogens is 4. The van der Waals surface area contributed by atoms with E-state index in [4.69, 9.17) is 43.9 Å². The predicted octanol–water partition coefficient (Wildman–Crippen LogP) is 6.35. The van der Waals surface area contributed by atoms with E-state index in [2.05, 4.69) is 27.7 Å². The lowest BCUT2D eigenvalue weighted by atomic mass is 10.2. The lowest BCUT2D eigenvalue weighted by Gasteiger charge is -2.09. The molecule has 0 aliphatic rings. The highest BCUT2D eigenvalue weighted by Crippen LogP contribution is 2.29. The van der Waals surface area contributed by atoms with E-state index in [0.29, 0.717) is 18.0 Å². The number of thioether (sulfide) groups is 1. The van der Waals surface area contributed by atoms with E-state index in [-0.39, 0.29) is 4.90 Å². The maximum Gasteiger partial charge on any atom is 0.341 e. The van der Waals surface area contributed by atoms with Crippen LogP contribution in [0, 0.1) is 0 Å². The summed E-state index contributed by atoms with van der Waals surface area (Å²) in [5.41, 5.74) is 0.580. The molecule has 2 nitrogen and oxygen atoms in total. The first-order chi connectivity index (χ1) is 10.3. The van der Waals surface area contributed by atoms with Crippen LogP contribution in [0.4, 0.5) is 0 Å². The van der Waals surface area contributed by atoms with Crippen molar-refractivity contribution in [2.75, 3.05) is 0 Å². The highest BCUT2D eigenvalue weighted by Gasteiger charge is 2.25. The fourth-order valence-electron chi connectivity index (χ4n) is 1.77. The van der Waals surface area contributed by atoms with E-state index in [1.165, 1.54) is 6.07 Å². The zero-order chi connectivity index (χ0) is 18.3. The number of rotatable bonds is 6. The standard InChI is InChI=1S/C8H8Cl4O2SSi.C6H14S/c9-15(13,14)8-4-2-1-3-7(8)5-6-16(10,11)12;1-5(2)7-6(3)4/h1-4H,5-6H2;5-6H,1-4H3. The summed E-state index contributed by atoms with van der Waals surface area (Å²) in [7, 11) is 1.56. The summed E-state index contributed by atoms with van der Waals surface area (Å²) < 4.78 is 22.5. The summed E-state index contributed by atoms with van der Waals surface area (Å²) in [5, 5.41) is 1.58. The van der Waals surface area contributed by atoms with Crippen molar-refractivity contribution in [1.29, 1.82) is 0 Å². The molecule has 0 aliphatic carbocycles. The van der Waals surface area contributed by atoms with E-state index in [1.807, 2.05) is 11.8 Å². The number of benzene rings is 1. The first-order valence-electron chi connectivity index (χ1n) is 7.07. The van der Waals surface area contributed by atoms with Gasteiger partial charge in [-0.1, -0.05) is 45.9 Å². The molecule has 0 radical (unpaired) electrons. The maximum absolute atomic E-state index is 11.3. The number of aryl methyl sites for hydroxylation is 1. The molecule has 0 spiro atoms. The van der Waals surface area contributed by atoms with Crippen molar-refractivity contribution in [1.82, 2.24) is 0 Å². The molecule has 0 aromatic heterocycles. The van der Waals surface area contributed by atoms with E-state index in [9.17, 15) is 8.42 Å². The second kappa shape index (κ2) is 10.8. The average Bonchev–Trinajstić information content (AvgIpc) is 2.34. The molecule has 0 N–H and O–H groups in total. The van der Waals surface area contributed by atoms with Gasteiger partial charge in [0.15, 0.2) is 0 Å². The Morgan fingerprint density at radius 1 is 1.04 bits per heavy atom. The smallest absolute Gasteiger partial charge is 0.207 e.